The molecule has 7 heteroatoms. The molecule has 0 saturated heterocycles. The van der Waals surface area contributed by atoms with Crippen LogP contribution in [0.1, 0.15) is 29.3 Å². The number of hydrogen-bond acceptors (Lipinski definition) is 4. The summed E-state index contributed by atoms with van der Waals surface area (Å²) in [4.78, 5) is 21.9. The van der Waals surface area contributed by atoms with Crippen molar-refractivity contribution < 1.29 is 4.79 Å². The second-order valence-electron chi connectivity index (χ2n) is 6.78. The first-order valence-corrected chi connectivity index (χ1v) is 10.7. The lowest BCUT2D eigenvalue weighted by Gasteiger charge is -2.21. The predicted octanol–water partition coefficient (Wildman–Crippen LogP) is 5.64. The van der Waals surface area contributed by atoms with Gasteiger partial charge in [-0.2, -0.15) is 0 Å². The van der Waals surface area contributed by atoms with E-state index < -0.39 is 0 Å². The van der Waals surface area contributed by atoms with Gasteiger partial charge in [0.15, 0.2) is 5.13 Å². The molecule has 3 aromatic rings. The largest absolute Gasteiger partial charge is 0.309 e. The smallest absolute Gasteiger partial charge is 0.260 e. The third kappa shape index (κ3) is 5.54. The number of nitrogens with zero attached hydrogens (tertiary/aromatic N) is 3. The first-order chi connectivity index (χ1) is 13.0. The summed E-state index contributed by atoms with van der Waals surface area (Å²) in [5.74, 6) is -0.00942. The Hall–Kier alpha value is -1.47. The fourth-order valence-electron chi connectivity index (χ4n) is 2.90. The molecule has 28 heavy (non-hydrogen) atoms. The van der Waals surface area contributed by atoms with Crippen LogP contribution in [-0.4, -0.2) is 43.0 Å². The minimum Gasteiger partial charge on any atom is -0.309 e. The summed E-state index contributed by atoms with van der Waals surface area (Å²) >= 11 is 5.05. The number of halogens is 2. The van der Waals surface area contributed by atoms with E-state index in [-0.39, 0.29) is 18.3 Å². The Morgan fingerprint density at radius 2 is 1.93 bits per heavy atom. The maximum atomic E-state index is 13.2. The predicted molar refractivity (Wildman–Crippen MR) is 125 cm³/mol. The van der Waals surface area contributed by atoms with Crippen molar-refractivity contribution in [2.24, 2.45) is 0 Å². The van der Waals surface area contributed by atoms with Crippen molar-refractivity contribution in [1.29, 1.82) is 0 Å². The van der Waals surface area contributed by atoms with Crippen molar-refractivity contribution >= 4 is 60.9 Å². The number of benzene rings is 2. The Labute approximate surface area is 185 Å². The molecule has 0 saturated carbocycles. The highest BCUT2D eigenvalue weighted by molar-refractivity contribution is 9.10. The van der Waals surface area contributed by atoms with Gasteiger partial charge in [-0.05, 0) is 69.4 Å². The molecule has 0 radical (unpaired) electrons. The minimum absolute atomic E-state index is 0. The van der Waals surface area contributed by atoms with Crippen molar-refractivity contribution in [3.63, 3.8) is 0 Å². The maximum Gasteiger partial charge on any atom is 0.260 e. The first-order valence-electron chi connectivity index (χ1n) is 9.09. The monoisotopic (exact) mass is 481 g/mol. The van der Waals surface area contributed by atoms with Crippen LogP contribution in [-0.2, 0) is 6.42 Å². The lowest BCUT2D eigenvalue weighted by atomic mass is 10.2. The van der Waals surface area contributed by atoms with Gasteiger partial charge in [-0.3, -0.25) is 9.69 Å². The summed E-state index contributed by atoms with van der Waals surface area (Å²) in [5.41, 5.74) is 2.91. The van der Waals surface area contributed by atoms with E-state index in [2.05, 4.69) is 46.0 Å². The van der Waals surface area contributed by atoms with E-state index in [9.17, 15) is 4.79 Å². The SMILES string of the molecule is CCc1ccc2nc(N(CCCN(C)C)C(=O)c3cccc(Br)c3)sc2c1.Cl. The molecule has 150 valence electrons. The number of aromatic nitrogens is 1. The summed E-state index contributed by atoms with van der Waals surface area (Å²) < 4.78 is 2.03. The highest BCUT2D eigenvalue weighted by atomic mass is 79.9. The zero-order valence-corrected chi connectivity index (χ0v) is 19.5. The van der Waals surface area contributed by atoms with E-state index in [0.717, 1.165) is 39.2 Å². The number of hydrogen-bond donors (Lipinski definition) is 0. The van der Waals surface area contributed by atoms with E-state index >= 15 is 0 Å². The summed E-state index contributed by atoms with van der Waals surface area (Å²) in [5, 5.41) is 0.766. The molecular formula is C21H25BrClN3OS. The van der Waals surface area contributed by atoms with Crippen LogP contribution in [0.3, 0.4) is 0 Å². The molecule has 4 nitrogen and oxygen atoms in total. The van der Waals surface area contributed by atoms with Crippen molar-refractivity contribution in [2.45, 2.75) is 19.8 Å². The molecule has 0 unspecified atom stereocenters. The van der Waals surface area contributed by atoms with Gasteiger partial charge in [0.25, 0.3) is 5.91 Å². The molecule has 0 N–H and O–H groups in total. The molecule has 0 atom stereocenters. The molecule has 0 aliphatic heterocycles. The summed E-state index contributed by atoms with van der Waals surface area (Å²) in [7, 11) is 4.09. The Bertz CT molecular complexity index is 944. The number of amides is 1. The Balaban J connectivity index is 0.00000280. The molecule has 0 bridgehead atoms. The van der Waals surface area contributed by atoms with Crippen molar-refractivity contribution in [2.75, 3.05) is 32.1 Å². The molecule has 1 amide bonds. The average Bonchev–Trinajstić information content (AvgIpc) is 3.07. The number of aryl methyl sites for hydroxylation is 1. The fraction of sp³-hybridized carbons (Fsp3) is 0.333. The minimum atomic E-state index is -0.00942. The first kappa shape index (κ1) is 22.8. The van der Waals surface area contributed by atoms with Crippen LogP contribution in [0.5, 0.6) is 0 Å². The number of carbonyl (C=O) groups excluding carboxylic acids is 1. The van der Waals surface area contributed by atoms with Gasteiger partial charge in [-0.25, -0.2) is 4.98 Å². The topological polar surface area (TPSA) is 36.4 Å². The third-order valence-electron chi connectivity index (χ3n) is 4.38. The number of rotatable bonds is 7. The van der Waals surface area contributed by atoms with Gasteiger partial charge in [0.1, 0.15) is 0 Å². The van der Waals surface area contributed by atoms with Gasteiger partial charge in [0, 0.05) is 16.6 Å². The van der Waals surface area contributed by atoms with Crippen LogP contribution in [0.2, 0.25) is 0 Å². The molecule has 0 fully saturated rings. The quantitative estimate of drug-likeness (QED) is 0.437. The Morgan fingerprint density at radius 1 is 1.14 bits per heavy atom. The molecule has 0 aliphatic rings. The van der Waals surface area contributed by atoms with Gasteiger partial charge in [0.2, 0.25) is 0 Å². The standard InChI is InChI=1S/C21H24BrN3OS.ClH/c1-4-15-9-10-18-19(13-15)27-21(23-18)25(12-6-11-24(2)3)20(26)16-7-5-8-17(22)14-16;/h5,7-10,13-14H,4,6,11-12H2,1-3H3;1H. The van der Waals surface area contributed by atoms with Gasteiger partial charge in [0.05, 0.1) is 10.2 Å². The average molecular weight is 483 g/mol. The van der Waals surface area contributed by atoms with Crippen LogP contribution >= 0.6 is 39.7 Å². The third-order valence-corrected chi connectivity index (χ3v) is 5.92. The van der Waals surface area contributed by atoms with E-state index in [1.807, 2.05) is 43.3 Å². The van der Waals surface area contributed by atoms with Crippen LogP contribution in [0.25, 0.3) is 10.2 Å². The van der Waals surface area contributed by atoms with Crippen molar-refractivity contribution in [3.8, 4) is 0 Å². The van der Waals surface area contributed by atoms with Crippen molar-refractivity contribution in [3.05, 3.63) is 58.1 Å². The maximum absolute atomic E-state index is 13.2. The van der Waals surface area contributed by atoms with E-state index in [4.69, 9.17) is 4.98 Å². The van der Waals surface area contributed by atoms with E-state index in [0.29, 0.717) is 12.1 Å². The molecular weight excluding hydrogens is 458 g/mol. The zero-order chi connectivity index (χ0) is 19.4. The molecule has 1 heterocycles. The van der Waals surface area contributed by atoms with E-state index in [1.54, 1.807) is 11.3 Å². The normalized spacial score (nSPS) is 10.9. The van der Waals surface area contributed by atoms with E-state index in [1.165, 1.54) is 5.56 Å². The molecule has 0 aliphatic carbocycles. The Kier molecular flexibility index (Phi) is 8.43. The van der Waals surface area contributed by atoms with Gasteiger partial charge in [-0.15, -0.1) is 12.4 Å². The van der Waals surface area contributed by atoms with Gasteiger partial charge >= 0.3 is 0 Å². The highest BCUT2D eigenvalue weighted by Crippen LogP contribution is 2.31. The van der Waals surface area contributed by atoms with Crippen molar-refractivity contribution in [1.82, 2.24) is 9.88 Å². The van der Waals surface area contributed by atoms with Crippen LogP contribution in [0.15, 0.2) is 46.9 Å². The number of anilines is 1. The van der Waals surface area contributed by atoms with Gasteiger partial charge in [-0.1, -0.05) is 46.3 Å². The lowest BCUT2D eigenvalue weighted by molar-refractivity contribution is 0.0986. The zero-order valence-electron chi connectivity index (χ0n) is 16.3. The number of carbonyl (C=O) groups is 1. The second kappa shape index (κ2) is 10.3. The Morgan fingerprint density at radius 3 is 2.61 bits per heavy atom. The second-order valence-corrected chi connectivity index (χ2v) is 8.70. The van der Waals surface area contributed by atoms with Crippen LogP contribution in [0.4, 0.5) is 5.13 Å². The van der Waals surface area contributed by atoms with Crippen LogP contribution in [0, 0.1) is 0 Å². The fourth-order valence-corrected chi connectivity index (χ4v) is 4.35. The molecule has 1 aromatic heterocycles. The summed E-state index contributed by atoms with van der Waals surface area (Å²) in [6.07, 6.45) is 1.88. The highest BCUT2D eigenvalue weighted by Gasteiger charge is 2.21. The molecule has 0 spiro atoms. The van der Waals surface area contributed by atoms with Crippen LogP contribution < -0.4 is 4.90 Å². The number of thiazole rings is 1. The lowest BCUT2D eigenvalue weighted by Crippen LogP contribution is -2.33. The molecule has 2 aromatic carbocycles. The summed E-state index contributed by atoms with van der Waals surface area (Å²) in [6.45, 7) is 3.71. The van der Waals surface area contributed by atoms with Gasteiger partial charge < -0.3 is 4.90 Å². The number of fused-ring (bicyclic) bond motifs is 1. The summed E-state index contributed by atoms with van der Waals surface area (Å²) in [6, 6.07) is 13.9. The molecule has 3 rings (SSSR count).